The van der Waals surface area contributed by atoms with Crippen molar-refractivity contribution in [2.75, 3.05) is 12.8 Å². The molecule has 0 spiro atoms. The van der Waals surface area contributed by atoms with Crippen molar-refractivity contribution in [3.05, 3.63) is 23.7 Å². The smallest absolute Gasteiger partial charge is 0.117 e. The van der Waals surface area contributed by atoms with Gasteiger partial charge in [0, 0.05) is 0 Å². The zero-order valence-corrected chi connectivity index (χ0v) is 11.7. The second kappa shape index (κ2) is 6.50. The highest BCUT2D eigenvalue weighted by atomic mass is 32.2. The predicted molar refractivity (Wildman–Crippen MR) is 74.1 cm³/mol. The highest BCUT2D eigenvalue weighted by Gasteiger charge is 2.20. The molecule has 1 aliphatic rings. The van der Waals surface area contributed by atoms with Crippen molar-refractivity contribution >= 4 is 11.8 Å². The number of hydrogen-bond acceptors (Lipinski definition) is 3. The van der Waals surface area contributed by atoms with Gasteiger partial charge in [0.2, 0.25) is 0 Å². The summed E-state index contributed by atoms with van der Waals surface area (Å²) in [6.07, 6.45) is 6.29. The maximum Gasteiger partial charge on any atom is 0.117 e. The zero-order chi connectivity index (χ0) is 12.1. The normalized spacial score (nSPS) is 24.4. The third-order valence-electron chi connectivity index (χ3n) is 3.54. The van der Waals surface area contributed by atoms with Crippen molar-refractivity contribution < 1.29 is 4.42 Å². The topological polar surface area (TPSA) is 25.2 Å². The second-order valence-electron chi connectivity index (χ2n) is 5.22. The minimum atomic E-state index is 0.874. The van der Waals surface area contributed by atoms with Gasteiger partial charge in [0.05, 0.1) is 12.3 Å². The van der Waals surface area contributed by atoms with Gasteiger partial charge >= 0.3 is 0 Å². The van der Waals surface area contributed by atoms with E-state index >= 15 is 0 Å². The predicted octanol–water partition coefficient (Wildman–Crippen LogP) is 3.67. The third-order valence-corrected chi connectivity index (χ3v) is 4.11. The lowest BCUT2D eigenvalue weighted by atomic mass is 10.1. The molecule has 0 bridgehead atoms. The van der Waals surface area contributed by atoms with E-state index in [-0.39, 0.29) is 0 Å². The lowest BCUT2D eigenvalue weighted by Gasteiger charge is -2.09. The molecule has 3 heteroatoms. The van der Waals surface area contributed by atoms with E-state index in [0.717, 1.165) is 42.2 Å². The molecule has 1 N–H and O–H groups in total. The molecular weight excluding hydrogens is 230 g/mol. The van der Waals surface area contributed by atoms with Crippen LogP contribution in [-0.2, 0) is 12.3 Å². The summed E-state index contributed by atoms with van der Waals surface area (Å²) in [5, 5.41) is 3.52. The van der Waals surface area contributed by atoms with Gasteiger partial charge < -0.3 is 9.73 Å². The summed E-state index contributed by atoms with van der Waals surface area (Å²) < 4.78 is 5.73. The summed E-state index contributed by atoms with van der Waals surface area (Å²) in [5.41, 5.74) is 0. The molecule has 0 amide bonds. The molecule has 1 aromatic heterocycles. The summed E-state index contributed by atoms with van der Waals surface area (Å²) in [4.78, 5) is 0. The molecule has 0 aliphatic heterocycles. The average Bonchev–Trinajstić information content (AvgIpc) is 2.89. The molecule has 1 fully saturated rings. The molecule has 1 heterocycles. The third kappa shape index (κ3) is 4.07. The van der Waals surface area contributed by atoms with Crippen LogP contribution in [0.3, 0.4) is 0 Å². The summed E-state index contributed by atoms with van der Waals surface area (Å²) in [6, 6.07) is 4.18. The molecule has 1 aromatic rings. The second-order valence-corrected chi connectivity index (χ2v) is 6.08. The maximum atomic E-state index is 5.73. The summed E-state index contributed by atoms with van der Waals surface area (Å²) >= 11 is 1.80. The van der Waals surface area contributed by atoms with Crippen LogP contribution in [0.4, 0.5) is 0 Å². The molecule has 2 nitrogen and oxygen atoms in total. The molecule has 0 aromatic carbocycles. The van der Waals surface area contributed by atoms with E-state index in [0.29, 0.717) is 0 Å². The Morgan fingerprint density at radius 2 is 2.18 bits per heavy atom. The van der Waals surface area contributed by atoms with Crippen molar-refractivity contribution in [2.45, 2.75) is 38.5 Å². The molecule has 2 unspecified atom stereocenters. The minimum absolute atomic E-state index is 0.874. The van der Waals surface area contributed by atoms with Gasteiger partial charge in [-0.1, -0.05) is 13.3 Å². The monoisotopic (exact) mass is 253 g/mol. The van der Waals surface area contributed by atoms with Gasteiger partial charge in [0.15, 0.2) is 0 Å². The molecule has 0 radical (unpaired) electrons. The maximum absolute atomic E-state index is 5.73. The summed E-state index contributed by atoms with van der Waals surface area (Å²) in [5.74, 6) is 4.94. The summed E-state index contributed by atoms with van der Waals surface area (Å²) in [6.45, 7) is 4.38. The number of thioether (sulfide) groups is 1. The van der Waals surface area contributed by atoms with Crippen molar-refractivity contribution in [1.29, 1.82) is 0 Å². The van der Waals surface area contributed by atoms with Crippen molar-refractivity contribution in [1.82, 2.24) is 5.32 Å². The van der Waals surface area contributed by atoms with E-state index in [4.69, 9.17) is 4.42 Å². The largest absolute Gasteiger partial charge is 0.464 e. The molecule has 1 saturated carbocycles. The first kappa shape index (κ1) is 13.0. The van der Waals surface area contributed by atoms with E-state index in [1.165, 1.54) is 19.3 Å². The first-order chi connectivity index (χ1) is 8.28. The number of hydrogen-bond donors (Lipinski definition) is 1. The van der Waals surface area contributed by atoms with Crippen LogP contribution in [0, 0.1) is 11.8 Å². The van der Waals surface area contributed by atoms with Gasteiger partial charge in [-0.15, -0.1) is 0 Å². The van der Waals surface area contributed by atoms with Crippen LogP contribution in [-0.4, -0.2) is 12.8 Å². The van der Waals surface area contributed by atoms with Gasteiger partial charge in [0.1, 0.15) is 11.5 Å². The molecule has 2 rings (SSSR count). The van der Waals surface area contributed by atoms with E-state index in [2.05, 4.69) is 30.6 Å². The lowest BCUT2D eigenvalue weighted by Crippen LogP contribution is -2.20. The SMILES string of the molecule is CSCc1ccc(CNCC2CCC(C)C2)o1. The Morgan fingerprint density at radius 1 is 1.35 bits per heavy atom. The van der Waals surface area contributed by atoms with Crippen LogP contribution in [0.15, 0.2) is 16.5 Å². The fourth-order valence-electron chi connectivity index (χ4n) is 2.65. The van der Waals surface area contributed by atoms with Gasteiger partial charge in [0.25, 0.3) is 0 Å². The first-order valence-corrected chi connectivity index (χ1v) is 7.94. The molecule has 2 atom stereocenters. The first-order valence-electron chi connectivity index (χ1n) is 6.55. The lowest BCUT2D eigenvalue weighted by molar-refractivity contribution is 0.426. The fourth-order valence-corrected chi connectivity index (χ4v) is 3.09. The van der Waals surface area contributed by atoms with E-state index in [1.807, 2.05) is 0 Å². The van der Waals surface area contributed by atoms with Crippen LogP contribution in [0.2, 0.25) is 0 Å². The number of furan rings is 1. The zero-order valence-electron chi connectivity index (χ0n) is 10.9. The standard InChI is InChI=1S/C14H23NOS/c1-11-3-4-12(7-11)8-15-9-13-5-6-14(16-13)10-17-2/h5-6,11-12,15H,3-4,7-10H2,1-2H3. The van der Waals surface area contributed by atoms with Crippen LogP contribution in [0.25, 0.3) is 0 Å². The Bertz CT molecular complexity index is 337. The van der Waals surface area contributed by atoms with Crippen LogP contribution >= 0.6 is 11.8 Å². The fraction of sp³-hybridized carbons (Fsp3) is 0.714. The number of rotatable bonds is 6. The Hall–Kier alpha value is -0.410. The highest BCUT2D eigenvalue weighted by molar-refractivity contribution is 7.97. The van der Waals surface area contributed by atoms with Gasteiger partial charge in [-0.3, -0.25) is 0 Å². The van der Waals surface area contributed by atoms with Crippen molar-refractivity contribution in [3.8, 4) is 0 Å². The van der Waals surface area contributed by atoms with E-state index in [9.17, 15) is 0 Å². The Morgan fingerprint density at radius 3 is 2.88 bits per heavy atom. The van der Waals surface area contributed by atoms with E-state index < -0.39 is 0 Å². The van der Waals surface area contributed by atoms with Crippen LogP contribution in [0.5, 0.6) is 0 Å². The van der Waals surface area contributed by atoms with Crippen molar-refractivity contribution in [3.63, 3.8) is 0 Å². The quantitative estimate of drug-likeness (QED) is 0.837. The van der Waals surface area contributed by atoms with Gasteiger partial charge in [-0.25, -0.2) is 0 Å². The molecule has 0 saturated heterocycles. The highest BCUT2D eigenvalue weighted by Crippen LogP contribution is 2.29. The Balaban J connectivity index is 1.67. The van der Waals surface area contributed by atoms with Gasteiger partial charge in [-0.05, 0) is 49.6 Å². The molecular formula is C14H23NOS. The van der Waals surface area contributed by atoms with Crippen LogP contribution in [0.1, 0.15) is 37.7 Å². The minimum Gasteiger partial charge on any atom is -0.464 e. The average molecular weight is 253 g/mol. The number of nitrogens with one attached hydrogen (secondary N) is 1. The Kier molecular flexibility index (Phi) is 4.99. The van der Waals surface area contributed by atoms with E-state index in [1.54, 1.807) is 11.8 Å². The van der Waals surface area contributed by atoms with Gasteiger partial charge in [-0.2, -0.15) is 11.8 Å². The molecule has 96 valence electrons. The Labute approximate surface area is 109 Å². The van der Waals surface area contributed by atoms with Crippen LogP contribution < -0.4 is 5.32 Å². The molecule has 1 aliphatic carbocycles. The molecule has 17 heavy (non-hydrogen) atoms. The summed E-state index contributed by atoms with van der Waals surface area (Å²) in [7, 11) is 0. The van der Waals surface area contributed by atoms with Crippen molar-refractivity contribution in [2.24, 2.45) is 11.8 Å².